The zero-order chi connectivity index (χ0) is 13.9. The molecule has 6 heteroatoms. The first-order valence-corrected chi connectivity index (χ1v) is 7.93. The molecule has 0 aromatic heterocycles. The molecule has 1 N–H and O–H groups in total. The van der Waals surface area contributed by atoms with Crippen molar-refractivity contribution in [2.45, 2.75) is 37.6 Å². The van der Waals surface area contributed by atoms with E-state index in [4.69, 9.17) is 9.47 Å². The van der Waals surface area contributed by atoms with Gasteiger partial charge >= 0.3 is 0 Å². The van der Waals surface area contributed by atoms with Crippen LogP contribution >= 0.6 is 0 Å². The lowest BCUT2D eigenvalue weighted by atomic mass is 10.3. The Morgan fingerprint density at radius 1 is 1.26 bits per heavy atom. The topological polar surface area (TPSA) is 64.6 Å². The largest absolute Gasteiger partial charge is 0.490 e. The fraction of sp³-hybridized carbons (Fsp3) is 0.538. The number of rotatable bonds is 4. The van der Waals surface area contributed by atoms with Gasteiger partial charge in [0.05, 0.1) is 18.1 Å². The molecule has 0 bridgehead atoms. The van der Waals surface area contributed by atoms with E-state index in [1.165, 1.54) is 12.1 Å². The Balaban J connectivity index is 2.28. The monoisotopic (exact) mass is 285 g/mol. The van der Waals surface area contributed by atoms with Crippen LogP contribution in [0.15, 0.2) is 23.1 Å². The number of hydrogen-bond donors (Lipinski definition) is 1. The average Bonchev–Trinajstić information content (AvgIpc) is 2.62. The third kappa shape index (κ3) is 3.39. The van der Waals surface area contributed by atoms with Gasteiger partial charge in [0.15, 0.2) is 11.5 Å². The Morgan fingerprint density at radius 3 is 2.63 bits per heavy atom. The molecule has 1 atom stereocenters. The fourth-order valence-electron chi connectivity index (χ4n) is 1.73. The summed E-state index contributed by atoms with van der Waals surface area (Å²) in [5.74, 6) is 1.09. The molecule has 0 unspecified atom stereocenters. The van der Waals surface area contributed by atoms with Crippen LogP contribution in [-0.4, -0.2) is 27.7 Å². The predicted octanol–water partition coefficient (Wildman–Crippen LogP) is 1.92. The highest BCUT2D eigenvalue weighted by atomic mass is 32.2. The molecule has 1 aromatic rings. The molecule has 0 saturated carbocycles. The summed E-state index contributed by atoms with van der Waals surface area (Å²) < 4.78 is 37.9. The molecule has 0 amide bonds. The Bertz CT molecular complexity index is 542. The van der Waals surface area contributed by atoms with Gasteiger partial charge in [-0.15, -0.1) is 0 Å². The van der Waals surface area contributed by atoms with Crippen molar-refractivity contribution in [1.29, 1.82) is 0 Å². The second-order valence-electron chi connectivity index (χ2n) is 4.59. The van der Waals surface area contributed by atoms with Gasteiger partial charge in [0.25, 0.3) is 0 Å². The van der Waals surface area contributed by atoms with Crippen LogP contribution in [-0.2, 0) is 10.0 Å². The van der Waals surface area contributed by atoms with E-state index in [1.54, 1.807) is 6.07 Å². The molecule has 1 heterocycles. The van der Waals surface area contributed by atoms with Gasteiger partial charge in [0.2, 0.25) is 10.0 Å². The molecule has 0 aliphatic carbocycles. The van der Waals surface area contributed by atoms with E-state index < -0.39 is 10.0 Å². The Morgan fingerprint density at radius 2 is 1.95 bits per heavy atom. The van der Waals surface area contributed by atoms with Gasteiger partial charge in [-0.1, -0.05) is 6.92 Å². The third-order valence-electron chi connectivity index (χ3n) is 3.00. The molecule has 106 valence electrons. The Kier molecular flexibility index (Phi) is 4.31. The van der Waals surface area contributed by atoms with Crippen LogP contribution in [0.1, 0.15) is 26.7 Å². The minimum Gasteiger partial charge on any atom is -0.490 e. The zero-order valence-corrected chi connectivity index (χ0v) is 12.0. The quantitative estimate of drug-likeness (QED) is 0.918. The molecule has 2 rings (SSSR count). The second-order valence-corrected chi connectivity index (χ2v) is 6.30. The fourth-order valence-corrected chi connectivity index (χ4v) is 3.07. The van der Waals surface area contributed by atoms with Crippen molar-refractivity contribution >= 4 is 10.0 Å². The van der Waals surface area contributed by atoms with Crippen molar-refractivity contribution in [3.63, 3.8) is 0 Å². The van der Waals surface area contributed by atoms with Crippen molar-refractivity contribution in [3.05, 3.63) is 18.2 Å². The summed E-state index contributed by atoms with van der Waals surface area (Å²) in [6, 6.07) is 4.61. The van der Waals surface area contributed by atoms with Gasteiger partial charge < -0.3 is 9.47 Å². The van der Waals surface area contributed by atoms with Crippen molar-refractivity contribution < 1.29 is 17.9 Å². The molecular formula is C13H19NO4S. The lowest BCUT2D eigenvalue weighted by Crippen LogP contribution is -2.31. The lowest BCUT2D eigenvalue weighted by molar-refractivity contribution is 0.297. The van der Waals surface area contributed by atoms with E-state index in [2.05, 4.69) is 4.72 Å². The van der Waals surface area contributed by atoms with E-state index >= 15 is 0 Å². The van der Waals surface area contributed by atoms with Crippen molar-refractivity contribution in [3.8, 4) is 11.5 Å². The smallest absolute Gasteiger partial charge is 0.240 e. The normalized spacial score (nSPS) is 16.7. The van der Waals surface area contributed by atoms with Crippen LogP contribution in [0.4, 0.5) is 0 Å². The molecule has 1 aromatic carbocycles. The minimum absolute atomic E-state index is 0.0963. The van der Waals surface area contributed by atoms with Gasteiger partial charge in [-0.05, 0) is 25.5 Å². The van der Waals surface area contributed by atoms with E-state index in [1.807, 2.05) is 13.8 Å². The number of ether oxygens (including phenoxy) is 2. The Hall–Kier alpha value is -1.27. The van der Waals surface area contributed by atoms with Gasteiger partial charge in [0.1, 0.15) is 0 Å². The minimum atomic E-state index is -3.50. The highest BCUT2D eigenvalue weighted by Crippen LogP contribution is 2.31. The van der Waals surface area contributed by atoms with E-state index in [0.29, 0.717) is 24.7 Å². The standard InChI is InChI=1S/C13H19NO4S/c1-3-10(2)14-19(15,16)11-5-6-12-13(9-11)18-8-4-7-17-12/h5-6,9-10,14H,3-4,7-8H2,1-2H3/t10-/m1/s1. The van der Waals surface area contributed by atoms with E-state index in [-0.39, 0.29) is 10.9 Å². The molecule has 1 aliphatic heterocycles. The summed E-state index contributed by atoms with van der Waals surface area (Å²) >= 11 is 0. The third-order valence-corrected chi connectivity index (χ3v) is 4.59. The number of sulfonamides is 1. The van der Waals surface area contributed by atoms with Crippen LogP contribution in [0.2, 0.25) is 0 Å². The predicted molar refractivity (Wildman–Crippen MR) is 72.1 cm³/mol. The summed E-state index contributed by atoms with van der Waals surface area (Å²) in [5, 5.41) is 0. The van der Waals surface area contributed by atoms with Crippen LogP contribution in [0.5, 0.6) is 11.5 Å². The highest BCUT2D eigenvalue weighted by molar-refractivity contribution is 7.89. The molecular weight excluding hydrogens is 266 g/mol. The van der Waals surface area contributed by atoms with Crippen molar-refractivity contribution in [2.24, 2.45) is 0 Å². The second kappa shape index (κ2) is 5.79. The summed E-state index contributed by atoms with van der Waals surface area (Å²) in [6.07, 6.45) is 1.53. The molecule has 0 saturated heterocycles. The highest BCUT2D eigenvalue weighted by Gasteiger charge is 2.20. The zero-order valence-electron chi connectivity index (χ0n) is 11.2. The van der Waals surface area contributed by atoms with Gasteiger partial charge in [-0.2, -0.15) is 0 Å². The number of nitrogens with one attached hydrogen (secondary N) is 1. The molecule has 1 aliphatic rings. The first kappa shape index (κ1) is 14.1. The maximum absolute atomic E-state index is 12.2. The summed E-state index contributed by atoms with van der Waals surface area (Å²) in [5.41, 5.74) is 0. The van der Waals surface area contributed by atoms with E-state index in [9.17, 15) is 8.42 Å². The summed E-state index contributed by atoms with van der Waals surface area (Å²) in [4.78, 5) is 0.206. The molecule has 5 nitrogen and oxygen atoms in total. The molecule has 0 radical (unpaired) electrons. The lowest BCUT2D eigenvalue weighted by Gasteiger charge is -2.13. The number of benzene rings is 1. The van der Waals surface area contributed by atoms with Crippen molar-refractivity contribution in [2.75, 3.05) is 13.2 Å². The van der Waals surface area contributed by atoms with Crippen LogP contribution in [0.25, 0.3) is 0 Å². The maximum Gasteiger partial charge on any atom is 0.240 e. The van der Waals surface area contributed by atoms with Crippen LogP contribution in [0, 0.1) is 0 Å². The van der Waals surface area contributed by atoms with Gasteiger partial charge in [0, 0.05) is 18.5 Å². The molecule has 0 fully saturated rings. The Labute approximate surface area is 114 Å². The average molecular weight is 285 g/mol. The van der Waals surface area contributed by atoms with Gasteiger partial charge in [-0.3, -0.25) is 0 Å². The summed E-state index contributed by atoms with van der Waals surface area (Å²) in [7, 11) is -3.50. The molecule has 19 heavy (non-hydrogen) atoms. The van der Waals surface area contributed by atoms with Crippen LogP contribution in [0.3, 0.4) is 0 Å². The van der Waals surface area contributed by atoms with Crippen LogP contribution < -0.4 is 14.2 Å². The van der Waals surface area contributed by atoms with Crippen molar-refractivity contribution in [1.82, 2.24) is 4.72 Å². The summed E-state index contributed by atoms with van der Waals surface area (Å²) in [6.45, 7) is 4.89. The SMILES string of the molecule is CC[C@@H](C)NS(=O)(=O)c1ccc2c(c1)OCCCO2. The first-order valence-electron chi connectivity index (χ1n) is 6.45. The number of hydrogen-bond acceptors (Lipinski definition) is 4. The van der Waals surface area contributed by atoms with Gasteiger partial charge in [-0.25, -0.2) is 13.1 Å². The van der Waals surface area contributed by atoms with E-state index in [0.717, 1.165) is 12.8 Å². The number of fused-ring (bicyclic) bond motifs is 1. The first-order chi connectivity index (χ1) is 9.03. The molecule has 0 spiro atoms. The maximum atomic E-state index is 12.2.